The van der Waals surface area contributed by atoms with Gasteiger partial charge in [-0.1, -0.05) is 23.7 Å². The third-order valence-electron chi connectivity index (χ3n) is 4.57. The molecule has 1 aromatic heterocycles. The van der Waals surface area contributed by atoms with E-state index in [0.29, 0.717) is 42.9 Å². The van der Waals surface area contributed by atoms with Crippen molar-refractivity contribution in [2.75, 3.05) is 26.3 Å². The first-order chi connectivity index (χ1) is 13.2. The Morgan fingerprint density at radius 2 is 1.85 bits per heavy atom. The minimum atomic E-state index is 0.0641. The molecule has 0 atom stereocenters. The van der Waals surface area contributed by atoms with E-state index in [4.69, 9.17) is 21.1 Å². The van der Waals surface area contributed by atoms with Crippen molar-refractivity contribution in [3.63, 3.8) is 0 Å². The molecule has 1 saturated heterocycles. The van der Waals surface area contributed by atoms with Gasteiger partial charge in [0.25, 0.3) is 0 Å². The Morgan fingerprint density at radius 1 is 1.11 bits per heavy atom. The first-order valence-corrected chi connectivity index (χ1v) is 9.26. The molecular formula is C20H20ClN3O3. The van der Waals surface area contributed by atoms with Gasteiger partial charge < -0.3 is 18.9 Å². The molecule has 2 aromatic carbocycles. The van der Waals surface area contributed by atoms with Crippen LogP contribution in [0, 0.1) is 0 Å². The molecule has 7 heteroatoms. The van der Waals surface area contributed by atoms with E-state index in [1.165, 1.54) is 0 Å². The molecule has 0 spiro atoms. The van der Waals surface area contributed by atoms with E-state index in [1.807, 2.05) is 45.9 Å². The summed E-state index contributed by atoms with van der Waals surface area (Å²) >= 11 is 5.92. The molecule has 0 saturated carbocycles. The largest absolute Gasteiger partial charge is 0.486 e. The average Bonchev–Trinajstić information content (AvgIpc) is 3.06. The summed E-state index contributed by atoms with van der Waals surface area (Å²) in [5.74, 6) is 1.49. The molecule has 3 aromatic rings. The molecule has 140 valence electrons. The first-order valence-electron chi connectivity index (χ1n) is 8.89. The maximum absolute atomic E-state index is 12.7. The zero-order valence-electron chi connectivity index (χ0n) is 14.8. The number of benzene rings is 2. The quantitative estimate of drug-likeness (QED) is 0.677. The maximum Gasteiger partial charge on any atom is 0.242 e. The standard InChI is InChI=1S/C20H20ClN3O3/c21-15-5-7-16(8-6-15)27-14-19-22-17-3-1-2-4-18(17)24(19)13-20(25)23-9-11-26-12-10-23/h1-8H,9-14H2. The van der Waals surface area contributed by atoms with Gasteiger partial charge in [-0.05, 0) is 36.4 Å². The van der Waals surface area contributed by atoms with E-state index >= 15 is 0 Å². The average molecular weight is 386 g/mol. The molecule has 4 rings (SSSR count). The third-order valence-corrected chi connectivity index (χ3v) is 4.82. The smallest absolute Gasteiger partial charge is 0.242 e. The molecule has 1 amide bonds. The van der Waals surface area contributed by atoms with Crippen LogP contribution in [0.4, 0.5) is 0 Å². The number of morpholine rings is 1. The monoisotopic (exact) mass is 385 g/mol. The number of ether oxygens (including phenoxy) is 2. The Morgan fingerprint density at radius 3 is 2.63 bits per heavy atom. The van der Waals surface area contributed by atoms with Gasteiger partial charge in [0.1, 0.15) is 24.7 Å². The van der Waals surface area contributed by atoms with Crippen molar-refractivity contribution in [1.29, 1.82) is 0 Å². The van der Waals surface area contributed by atoms with E-state index in [-0.39, 0.29) is 19.1 Å². The number of amides is 1. The molecule has 0 aliphatic carbocycles. The Bertz CT molecular complexity index is 933. The second kappa shape index (κ2) is 7.98. The predicted octanol–water partition coefficient (Wildman–Crippen LogP) is 3.13. The van der Waals surface area contributed by atoms with Crippen LogP contribution in [-0.4, -0.2) is 46.7 Å². The molecule has 0 unspecified atom stereocenters. The van der Waals surface area contributed by atoms with Crippen LogP contribution in [0.5, 0.6) is 5.75 Å². The Balaban J connectivity index is 1.56. The minimum absolute atomic E-state index is 0.0641. The van der Waals surface area contributed by atoms with Crippen LogP contribution >= 0.6 is 11.6 Å². The molecule has 0 N–H and O–H groups in total. The fourth-order valence-corrected chi connectivity index (χ4v) is 3.26. The summed E-state index contributed by atoms with van der Waals surface area (Å²) in [5.41, 5.74) is 1.77. The summed E-state index contributed by atoms with van der Waals surface area (Å²) in [6.07, 6.45) is 0. The second-order valence-electron chi connectivity index (χ2n) is 6.34. The van der Waals surface area contributed by atoms with Gasteiger partial charge in [-0.2, -0.15) is 0 Å². The molecule has 1 fully saturated rings. The number of fused-ring (bicyclic) bond motifs is 1. The van der Waals surface area contributed by atoms with Crippen LogP contribution in [0.2, 0.25) is 5.02 Å². The highest BCUT2D eigenvalue weighted by Gasteiger charge is 2.20. The van der Waals surface area contributed by atoms with Crippen LogP contribution in [0.1, 0.15) is 5.82 Å². The molecule has 1 aliphatic rings. The summed E-state index contributed by atoms with van der Waals surface area (Å²) in [6.45, 7) is 2.93. The third kappa shape index (κ3) is 4.07. The van der Waals surface area contributed by atoms with E-state index < -0.39 is 0 Å². The summed E-state index contributed by atoms with van der Waals surface area (Å²) in [4.78, 5) is 19.2. The lowest BCUT2D eigenvalue weighted by Crippen LogP contribution is -2.42. The number of para-hydroxylation sites is 2. The molecule has 0 radical (unpaired) electrons. The fraction of sp³-hybridized carbons (Fsp3) is 0.300. The minimum Gasteiger partial charge on any atom is -0.486 e. The van der Waals surface area contributed by atoms with Crippen LogP contribution in [0.3, 0.4) is 0 Å². The molecule has 27 heavy (non-hydrogen) atoms. The van der Waals surface area contributed by atoms with Crippen molar-refractivity contribution in [2.24, 2.45) is 0 Å². The lowest BCUT2D eigenvalue weighted by Gasteiger charge is -2.27. The number of hydrogen-bond donors (Lipinski definition) is 0. The van der Waals surface area contributed by atoms with Crippen molar-refractivity contribution >= 4 is 28.5 Å². The van der Waals surface area contributed by atoms with Crippen LogP contribution in [-0.2, 0) is 22.7 Å². The summed E-state index contributed by atoms with van der Waals surface area (Å²) < 4.78 is 13.1. The van der Waals surface area contributed by atoms with Gasteiger partial charge in [-0.15, -0.1) is 0 Å². The number of aromatic nitrogens is 2. The SMILES string of the molecule is O=C(Cn1c(COc2ccc(Cl)cc2)nc2ccccc21)N1CCOCC1. The fourth-order valence-electron chi connectivity index (χ4n) is 3.14. The highest BCUT2D eigenvalue weighted by atomic mass is 35.5. The number of imidazole rings is 1. The zero-order valence-corrected chi connectivity index (χ0v) is 15.6. The summed E-state index contributed by atoms with van der Waals surface area (Å²) in [6, 6.07) is 15.0. The Hall–Kier alpha value is -2.57. The number of carbonyl (C=O) groups excluding carboxylic acids is 1. The lowest BCUT2D eigenvalue weighted by molar-refractivity contribution is -0.135. The highest BCUT2D eigenvalue weighted by molar-refractivity contribution is 6.30. The summed E-state index contributed by atoms with van der Waals surface area (Å²) in [5, 5.41) is 0.658. The predicted molar refractivity (Wildman–Crippen MR) is 103 cm³/mol. The normalized spacial score (nSPS) is 14.5. The van der Waals surface area contributed by atoms with Gasteiger partial charge in [0.2, 0.25) is 5.91 Å². The van der Waals surface area contributed by atoms with Gasteiger partial charge in [0, 0.05) is 18.1 Å². The number of hydrogen-bond acceptors (Lipinski definition) is 4. The lowest BCUT2D eigenvalue weighted by atomic mass is 10.3. The Labute approximate surface area is 162 Å². The van der Waals surface area contributed by atoms with Gasteiger partial charge >= 0.3 is 0 Å². The first kappa shape index (κ1) is 17.8. The van der Waals surface area contributed by atoms with Crippen molar-refractivity contribution in [2.45, 2.75) is 13.2 Å². The number of nitrogens with zero attached hydrogens (tertiary/aromatic N) is 3. The van der Waals surface area contributed by atoms with Gasteiger partial charge in [0.15, 0.2) is 0 Å². The molecule has 2 heterocycles. The zero-order chi connectivity index (χ0) is 18.6. The maximum atomic E-state index is 12.7. The molecular weight excluding hydrogens is 366 g/mol. The van der Waals surface area contributed by atoms with Gasteiger partial charge in [0.05, 0.1) is 24.2 Å². The van der Waals surface area contributed by atoms with E-state index in [0.717, 1.165) is 11.0 Å². The van der Waals surface area contributed by atoms with E-state index in [2.05, 4.69) is 4.98 Å². The molecule has 1 aliphatic heterocycles. The molecule has 6 nitrogen and oxygen atoms in total. The molecule has 0 bridgehead atoms. The number of carbonyl (C=O) groups is 1. The number of halogens is 1. The van der Waals surface area contributed by atoms with E-state index in [1.54, 1.807) is 12.1 Å². The van der Waals surface area contributed by atoms with Crippen LogP contribution in [0.25, 0.3) is 11.0 Å². The van der Waals surface area contributed by atoms with Crippen molar-refractivity contribution in [3.8, 4) is 5.75 Å². The number of rotatable bonds is 5. The topological polar surface area (TPSA) is 56.6 Å². The van der Waals surface area contributed by atoms with E-state index in [9.17, 15) is 4.79 Å². The summed E-state index contributed by atoms with van der Waals surface area (Å²) in [7, 11) is 0. The second-order valence-corrected chi connectivity index (χ2v) is 6.78. The van der Waals surface area contributed by atoms with Crippen molar-refractivity contribution in [1.82, 2.24) is 14.5 Å². The van der Waals surface area contributed by atoms with Crippen molar-refractivity contribution in [3.05, 3.63) is 59.4 Å². The Kier molecular flexibility index (Phi) is 5.27. The highest BCUT2D eigenvalue weighted by Crippen LogP contribution is 2.20. The van der Waals surface area contributed by atoms with Gasteiger partial charge in [-0.3, -0.25) is 4.79 Å². The van der Waals surface area contributed by atoms with Crippen LogP contribution in [0.15, 0.2) is 48.5 Å². The van der Waals surface area contributed by atoms with Crippen molar-refractivity contribution < 1.29 is 14.3 Å². The van der Waals surface area contributed by atoms with Crippen LogP contribution < -0.4 is 4.74 Å². The van der Waals surface area contributed by atoms with Gasteiger partial charge in [-0.25, -0.2) is 4.98 Å².